The van der Waals surface area contributed by atoms with Gasteiger partial charge in [0.2, 0.25) is 5.12 Å². The van der Waals surface area contributed by atoms with Crippen LogP contribution in [-0.4, -0.2) is 28.4 Å². The topological polar surface area (TPSA) is 81.7 Å². The Kier molecular flexibility index (Phi) is 7.90. The number of esters is 1. The normalized spacial score (nSPS) is 12.9. The molecule has 0 aliphatic heterocycles. The zero-order valence-corrected chi connectivity index (χ0v) is 17.7. The van der Waals surface area contributed by atoms with Gasteiger partial charge in [-0.05, 0) is 59.1 Å². The Balaban J connectivity index is 2.72. The monoisotopic (exact) mass is 395 g/mol. The molecule has 1 amide bonds. The van der Waals surface area contributed by atoms with Gasteiger partial charge in [-0.15, -0.1) is 12.6 Å². The van der Waals surface area contributed by atoms with Crippen molar-refractivity contribution in [1.82, 2.24) is 5.32 Å². The first-order valence-electron chi connectivity index (χ1n) is 8.80. The zero-order valence-electron chi connectivity index (χ0n) is 16.8. The minimum atomic E-state index is -0.914. The lowest BCUT2D eigenvalue weighted by Crippen LogP contribution is -2.37. The van der Waals surface area contributed by atoms with Crippen LogP contribution in [0, 0.1) is 0 Å². The van der Waals surface area contributed by atoms with Crippen molar-refractivity contribution in [2.75, 3.05) is 0 Å². The predicted molar refractivity (Wildman–Crippen MR) is 107 cm³/mol. The van der Waals surface area contributed by atoms with Crippen LogP contribution in [0.25, 0.3) is 0 Å². The van der Waals surface area contributed by atoms with E-state index in [-0.39, 0.29) is 12.4 Å². The van der Waals surface area contributed by atoms with Crippen molar-refractivity contribution in [2.45, 2.75) is 71.6 Å². The highest BCUT2D eigenvalue weighted by molar-refractivity contribution is 7.96. The van der Waals surface area contributed by atoms with Crippen LogP contribution in [0.2, 0.25) is 0 Å². The number of amides is 1. The number of carbonyl (C=O) groups excluding carboxylic acids is 3. The molecule has 0 spiro atoms. The van der Waals surface area contributed by atoms with Crippen molar-refractivity contribution in [1.29, 1.82) is 0 Å². The maximum Gasteiger partial charge on any atom is 0.408 e. The maximum absolute atomic E-state index is 11.9. The van der Waals surface area contributed by atoms with Crippen LogP contribution in [0.3, 0.4) is 0 Å². The Labute approximate surface area is 166 Å². The van der Waals surface area contributed by atoms with Crippen LogP contribution in [0.4, 0.5) is 4.79 Å². The summed E-state index contributed by atoms with van der Waals surface area (Å²) >= 11 is 3.85. The zero-order chi connectivity index (χ0) is 20.8. The summed E-state index contributed by atoms with van der Waals surface area (Å²) < 4.78 is 10.5. The van der Waals surface area contributed by atoms with Crippen LogP contribution < -0.4 is 5.32 Å². The van der Waals surface area contributed by atoms with Gasteiger partial charge >= 0.3 is 12.1 Å². The van der Waals surface area contributed by atoms with E-state index in [0.29, 0.717) is 12.0 Å². The largest absolute Gasteiger partial charge is 0.460 e. The Morgan fingerprint density at radius 2 is 1.48 bits per heavy atom. The van der Waals surface area contributed by atoms with Gasteiger partial charge in [0.05, 0.1) is 0 Å². The first-order valence-corrected chi connectivity index (χ1v) is 9.24. The number of ether oxygens (including phenoxy) is 2. The molecule has 0 fully saturated rings. The standard InChI is InChI=1S/C20H29NO5S/c1-19(2,3)25-15(22)12-9-13-7-10-14(11-8-13)16(17(23)27)21-18(24)26-20(4,5)6/h7-8,10-11,16H,9,12H2,1-6H3,(H,21,24)(H,23,27)/t16-/m1/s1. The summed E-state index contributed by atoms with van der Waals surface area (Å²) in [7, 11) is 0. The van der Waals surface area contributed by atoms with Gasteiger partial charge in [0.25, 0.3) is 0 Å². The lowest BCUT2D eigenvalue weighted by Gasteiger charge is -2.22. The third-order valence-electron chi connectivity index (χ3n) is 3.26. The first-order chi connectivity index (χ1) is 12.3. The SMILES string of the molecule is CC(C)(C)OC(=O)CCc1ccc([C@@H](NC(=O)OC(C)(C)C)C(=O)S)cc1. The molecular formula is C20H29NO5S. The molecule has 27 heavy (non-hydrogen) atoms. The molecule has 1 atom stereocenters. The molecule has 1 rings (SSSR count). The average molecular weight is 396 g/mol. The molecule has 0 bridgehead atoms. The summed E-state index contributed by atoms with van der Waals surface area (Å²) in [6, 6.07) is 6.14. The van der Waals surface area contributed by atoms with Gasteiger partial charge in [-0.1, -0.05) is 24.3 Å². The van der Waals surface area contributed by atoms with Crippen LogP contribution >= 0.6 is 12.6 Å². The second-order valence-corrected chi connectivity index (χ2v) is 8.69. The summed E-state index contributed by atoms with van der Waals surface area (Å²) in [5.41, 5.74) is 0.336. The number of carbonyl (C=O) groups is 3. The van der Waals surface area contributed by atoms with E-state index in [4.69, 9.17) is 9.47 Å². The summed E-state index contributed by atoms with van der Waals surface area (Å²) in [6.07, 6.45) is 0.0967. The second kappa shape index (κ2) is 9.26. The van der Waals surface area contributed by atoms with E-state index in [1.54, 1.807) is 45.0 Å². The average Bonchev–Trinajstić information content (AvgIpc) is 2.47. The van der Waals surface area contributed by atoms with Crippen LogP contribution in [0.15, 0.2) is 24.3 Å². The lowest BCUT2D eigenvalue weighted by atomic mass is 10.0. The quantitative estimate of drug-likeness (QED) is 0.562. The molecule has 1 N–H and O–H groups in total. The molecule has 0 aromatic heterocycles. The minimum absolute atomic E-state index is 0.262. The number of hydrogen-bond acceptors (Lipinski definition) is 5. The van der Waals surface area contributed by atoms with Crippen molar-refractivity contribution in [3.63, 3.8) is 0 Å². The summed E-state index contributed by atoms with van der Waals surface area (Å²) in [4.78, 5) is 35.5. The van der Waals surface area contributed by atoms with Gasteiger partial charge in [-0.2, -0.15) is 0 Å². The van der Waals surface area contributed by atoms with E-state index in [1.807, 2.05) is 20.8 Å². The number of thiol groups is 1. The number of rotatable bonds is 6. The molecule has 6 nitrogen and oxygen atoms in total. The van der Waals surface area contributed by atoms with E-state index in [2.05, 4.69) is 17.9 Å². The van der Waals surface area contributed by atoms with Gasteiger partial charge in [0, 0.05) is 6.42 Å². The molecule has 0 saturated carbocycles. The first kappa shape index (κ1) is 23.0. The number of hydrogen-bond donors (Lipinski definition) is 2. The highest BCUT2D eigenvalue weighted by Gasteiger charge is 2.24. The maximum atomic E-state index is 11.9. The van der Waals surface area contributed by atoms with Crippen molar-refractivity contribution in [3.8, 4) is 0 Å². The molecule has 0 aliphatic rings. The molecule has 1 aromatic carbocycles. The van der Waals surface area contributed by atoms with Gasteiger partial charge in [0.1, 0.15) is 17.2 Å². The molecule has 0 unspecified atom stereocenters. The second-order valence-electron chi connectivity index (χ2n) is 8.25. The van der Waals surface area contributed by atoms with Crippen molar-refractivity contribution >= 4 is 29.8 Å². The Morgan fingerprint density at radius 1 is 0.963 bits per heavy atom. The molecule has 1 aromatic rings. The van der Waals surface area contributed by atoms with E-state index in [1.165, 1.54) is 0 Å². The fraction of sp³-hybridized carbons (Fsp3) is 0.550. The highest BCUT2D eigenvalue weighted by Crippen LogP contribution is 2.19. The Morgan fingerprint density at radius 3 is 1.93 bits per heavy atom. The Bertz CT molecular complexity index is 671. The van der Waals surface area contributed by atoms with E-state index < -0.39 is 28.5 Å². The Hall–Kier alpha value is -2.02. The van der Waals surface area contributed by atoms with E-state index in [0.717, 1.165) is 5.56 Å². The third kappa shape index (κ3) is 9.47. The lowest BCUT2D eigenvalue weighted by molar-refractivity contribution is -0.154. The molecule has 0 aliphatic carbocycles. The van der Waals surface area contributed by atoms with Crippen molar-refractivity contribution in [3.05, 3.63) is 35.4 Å². The molecule has 0 radical (unpaired) electrons. The fourth-order valence-electron chi connectivity index (χ4n) is 2.23. The third-order valence-corrected chi connectivity index (χ3v) is 3.52. The predicted octanol–water partition coefficient (Wildman–Crippen LogP) is 3.98. The molecular weight excluding hydrogens is 366 g/mol. The smallest absolute Gasteiger partial charge is 0.408 e. The van der Waals surface area contributed by atoms with Gasteiger partial charge < -0.3 is 14.8 Å². The summed E-state index contributed by atoms with van der Waals surface area (Å²) in [5, 5.41) is 2.03. The van der Waals surface area contributed by atoms with Gasteiger partial charge in [0.15, 0.2) is 0 Å². The number of benzene rings is 1. The number of nitrogens with one attached hydrogen (secondary N) is 1. The molecule has 0 heterocycles. The van der Waals surface area contributed by atoms with Crippen LogP contribution in [-0.2, 0) is 25.5 Å². The van der Waals surface area contributed by atoms with Crippen molar-refractivity contribution in [2.24, 2.45) is 0 Å². The van der Waals surface area contributed by atoms with Gasteiger partial charge in [-0.3, -0.25) is 9.59 Å². The van der Waals surface area contributed by atoms with Crippen LogP contribution in [0.5, 0.6) is 0 Å². The molecule has 150 valence electrons. The van der Waals surface area contributed by atoms with Crippen LogP contribution in [0.1, 0.15) is 65.1 Å². The van der Waals surface area contributed by atoms with Gasteiger partial charge in [-0.25, -0.2) is 4.79 Å². The van der Waals surface area contributed by atoms with E-state index in [9.17, 15) is 14.4 Å². The van der Waals surface area contributed by atoms with E-state index >= 15 is 0 Å². The summed E-state index contributed by atoms with van der Waals surface area (Å²) in [5.74, 6) is -0.262. The molecule has 0 saturated heterocycles. The van der Waals surface area contributed by atoms with Crippen molar-refractivity contribution < 1.29 is 23.9 Å². The minimum Gasteiger partial charge on any atom is -0.460 e. The number of alkyl carbamates (subject to hydrolysis) is 1. The fourth-order valence-corrected chi connectivity index (χ4v) is 2.44. The summed E-state index contributed by atoms with van der Waals surface area (Å²) in [6.45, 7) is 10.7. The molecule has 7 heteroatoms. The number of aryl methyl sites for hydroxylation is 1. The highest BCUT2D eigenvalue weighted by atomic mass is 32.1.